The lowest BCUT2D eigenvalue weighted by molar-refractivity contribution is 0.0996. The van der Waals surface area contributed by atoms with Crippen molar-refractivity contribution in [2.24, 2.45) is 0 Å². The van der Waals surface area contributed by atoms with Crippen molar-refractivity contribution in [2.75, 3.05) is 23.9 Å². The zero-order valence-electron chi connectivity index (χ0n) is 13.7. The molecule has 25 heavy (non-hydrogen) atoms. The van der Waals surface area contributed by atoms with Crippen LogP contribution >= 0.6 is 35.0 Å². The number of halogens is 2. The third-order valence-electron chi connectivity index (χ3n) is 3.49. The first-order valence-electron chi connectivity index (χ1n) is 7.52. The minimum atomic E-state index is -0.827. The molecule has 0 amide bonds. The fourth-order valence-corrected chi connectivity index (χ4v) is 3.64. The molecule has 2 aromatic heterocycles. The van der Waals surface area contributed by atoms with E-state index in [4.69, 9.17) is 23.2 Å². The Labute approximate surface area is 159 Å². The van der Waals surface area contributed by atoms with Crippen LogP contribution < -0.4 is 5.32 Å². The molecule has 9 heteroatoms. The maximum absolute atomic E-state index is 10.3. The SMILES string of the molecule is CSCC(C)(O)CNc1ccc2nnc(-c3cc(Cl)cc(Cl)c3)n2n1. The average molecular weight is 398 g/mol. The van der Waals surface area contributed by atoms with E-state index in [0.717, 1.165) is 5.56 Å². The minimum absolute atomic E-state index is 0.382. The van der Waals surface area contributed by atoms with Crippen molar-refractivity contribution >= 4 is 46.4 Å². The van der Waals surface area contributed by atoms with E-state index >= 15 is 0 Å². The number of anilines is 1. The van der Waals surface area contributed by atoms with Crippen LogP contribution in [0, 0.1) is 0 Å². The maximum atomic E-state index is 10.3. The second-order valence-corrected chi connectivity index (χ2v) is 7.69. The van der Waals surface area contributed by atoms with Gasteiger partial charge in [-0.25, -0.2) is 0 Å². The van der Waals surface area contributed by atoms with Gasteiger partial charge in [-0.2, -0.15) is 16.3 Å². The van der Waals surface area contributed by atoms with Crippen molar-refractivity contribution in [1.82, 2.24) is 19.8 Å². The Morgan fingerprint density at radius 2 is 1.92 bits per heavy atom. The molecule has 2 heterocycles. The van der Waals surface area contributed by atoms with Crippen LogP contribution in [-0.4, -0.2) is 49.1 Å². The summed E-state index contributed by atoms with van der Waals surface area (Å²) >= 11 is 13.7. The lowest BCUT2D eigenvalue weighted by Gasteiger charge is -2.22. The fourth-order valence-electron chi connectivity index (χ4n) is 2.39. The zero-order chi connectivity index (χ0) is 18.0. The van der Waals surface area contributed by atoms with Crippen molar-refractivity contribution in [3.63, 3.8) is 0 Å². The summed E-state index contributed by atoms with van der Waals surface area (Å²) in [5.41, 5.74) is 0.503. The van der Waals surface area contributed by atoms with Gasteiger partial charge in [0.2, 0.25) is 0 Å². The number of benzene rings is 1. The predicted octanol–water partition coefficient (Wildman–Crippen LogP) is 3.62. The van der Waals surface area contributed by atoms with Crippen LogP contribution in [0.1, 0.15) is 6.92 Å². The van der Waals surface area contributed by atoms with Gasteiger partial charge < -0.3 is 10.4 Å². The molecule has 0 aliphatic heterocycles. The Morgan fingerprint density at radius 3 is 2.60 bits per heavy atom. The van der Waals surface area contributed by atoms with Crippen molar-refractivity contribution in [3.8, 4) is 11.4 Å². The van der Waals surface area contributed by atoms with Crippen molar-refractivity contribution in [1.29, 1.82) is 0 Å². The molecule has 0 saturated carbocycles. The first kappa shape index (κ1) is 18.3. The molecule has 3 rings (SSSR count). The van der Waals surface area contributed by atoms with E-state index in [1.807, 2.05) is 6.26 Å². The third-order valence-corrected chi connectivity index (χ3v) is 4.84. The first-order valence-corrected chi connectivity index (χ1v) is 9.67. The number of hydrogen-bond acceptors (Lipinski definition) is 6. The molecule has 1 unspecified atom stereocenters. The summed E-state index contributed by atoms with van der Waals surface area (Å²) in [4.78, 5) is 0. The Hall–Kier alpha value is -1.54. The Kier molecular flexibility index (Phi) is 5.38. The highest BCUT2D eigenvalue weighted by atomic mass is 35.5. The average Bonchev–Trinajstić information content (AvgIpc) is 2.95. The molecule has 0 radical (unpaired) electrons. The summed E-state index contributed by atoms with van der Waals surface area (Å²) in [7, 11) is 0. The van der Waals surface area contributed by atoms with Gasteiger partial charge >= 0.3 is 0 Å². The second kappa shape index (κ2) is 7.37. The molecule has 6 nitrogen and oxygen atoms in total. The van der Waals surface area contributed by atoms with Crippen LogP contribution in [0.5, 0.6) is 0 Å². The van der Waals surface area contributed by atoms with E-state index in [1.165, 1.54) is 0 Å². The summed E-state index contributed by atoms with van der Waals surface area (Å²) in [6.07, 6.45) is 1.96. The van der Waals surface area contributed by atoms with E-state index in [1.54, 1.807) is 53.5 Å². The van der Waals surface area contributed by atoms with Crippen LogP contribution in [0.2, 0.25) is 10.0 Å². The summed E-state index contributed by atoms with van der Waals surface area (Å²) in [6.45, 7) is 2.17. The van der Waals surface area contributed by atoms with Gasteiger partial charge in [0, 0.05) is 27.9 Å². The van der Waals surface area contributed by atoms with E-state index in [9.17, 15) is 5.11 Å². The molecule has 0 aliphatic carbocycles. The molecule has 0 saturated heterocycles. The number of thioether (sulfide) groups is 1. The summed E-state index contributed by atoms with van der Waals surface area (Å²) in [5.74, 6) is 1.78. The van der Waals surface area contributed by atoms with Gasteiger partial charge in [-0.3, -0.25) is 0 Å². The van der Waals surface area contributed by atoms with Gasteiger partial charge in [-0.1, -0.05) is 23.2 Å². The number of nitrogens with zero attached hydrogens (tertiary/aromatic N) is 4. The number of hydrogen-bond donors (Lipinski definition) is 2. The number of aromatic nitrogens is 4. The van der Waals surface area contributed by atoms with Crippen molar-refractivity contribution < 1.29 is 5.11 Å². The number of nitrogens with one attached hydrogen (secondary N) is 1. The second-order valence-electron chi connectivity index (χ2n) is 5.95. The Morgan fingerprint density at radius 1 is 1.20 bits per heavy atom. The largest absolute Gasteiger partial charge is 0.387 e. The molecule has 0 aliphatic rings. The lowest BCUT2D eigenvalue weighted by atomic mass is 10.1. The minimum Gasteiger partial charge on any atom is -0.387 e. The quantitative estimate of drug-likeness (QED) is 0.661. The summed E-state index contributed by atoms with van der Waals surface area (Å²) < 4.78 is 1.62. The van der Waals surface area contributed by atoms with Crippen LogP contribution in [0.25, 0.3) is 17.0 Å². The third kappa shape index (κ3) is 4.36. The molecular formula is C16H17Cl2N5OS. The van der Waals surface area contributed by atoms with Crippen LogP contribution in [0.4, 0.5) is 5.82 Å². The first-order chi connectivity index (χ1) is 11.9. The summed E-state index contributed by atoms with van der Waals surface area (Å²) in [6, 6.07) is 8.78. The smallest absolute Gasteiger partial charge is 0.185 e. The molecule has 1 aromatic carbocycles. The molecule has 3 aromatic rings. The predicted molar refractivity (Wildman–Crippen MR) is 104 cm³/mol. The van der Waals surface area contributed by atoms with Gasteiger partial charge in [-0.15, -0.1) is 15.3 Å². The van der Waals surface area contributed by atoms with Gasteiger partial charge in [-0.05, 0) is 43.5 Å². The highest BCUT2D eigenvalue weighted by Gasteiger charge is 2.19. The van der Waals surface area contributed by atoms with Crippen molar-refractivity contribution in [3.05, 3.63) is 40.4 Å². The van der Waals surface area contributed by atoms with Gasteiger partial charge in [0.1, 0.15) is 5.82 Å². The van der Waals surface area contributed by atoms with Crippen molar-refractivity contribution in [2.45, 2.75) is 12.5 Å². The summed E-state index contributed by atoms with van der Waals surface area (Å²) in [5, 5.41) is 27.3. The number of fused-ring (bicyclic) bond motifs is 1. The Bertz CT molecular complexity index is 879. The van der Waals surface area contributed by atoms with Gasteiger partial charge in [0.05, 0.1) is 5.60 Å². The highest BCUT2D eigenvalue weighted by molar-refractivity contribution is 7.98. The molecule has 0 spiro atoms. The molecule has 1 atom stereocenters. The zero-order valence-corrected chi connectivity index (χ0v) is 16.0. The number of aliphatic hydroxyl groups is 1. The lowest BCUT2D eigenvalue weighted by Crippen LogP contribution is -2.36. The van der Waals surface area contributed by atoms with Gasteiger partial charge in [0.15, 0.2) is 11.5 Å². The van der Waals surface area contributed by atoms with E-state index < -0.39 is 5.60 Å². The van der Waals surface area contributed by atoms with E-state index in [2.05, 4.69) is 20.6 Å². The van der Waals surface area contributed by atoms with Crippen LogP contribution in [-0.2, 0) is 0 Å². The topological polar surface area (TPSA) is 75.3 Å². The van der Waals surface area contributed by atoms with E-state index in [0.29, 0.717) is 39.6 Å². The van der Waals surface area contributed by atoms with E-state index in [-0.39, 0.29) is 0 Å². The Balaban J connectivity index is 1.92. The van der Waals surface area contributed by atoms with Gasteiger partial charge in [0.25, 0.3) is 0 Å². The fraction of sp³-hybridized carbons (Fsp3) is 0.312. The van der Waals surface area contributed by atoms with Crippen LogP contribution in [0.15, 0.2) is 30.3 Å². The molecule has 2 N–H and O–H groups in total. The molecule has 0 fully saturated rings. The normalized spacial score (nSPS) is 13.8. The standard InChI is InChI=1S/C16H17Cl2N5OS/c1-16(24,9-25-2)8-19-13-3-4-14-20-21-15(23(14)22-13)10-5-11(17)7-12(18)6-10/h3-7,24H,8-9H2,1-2H3,(H,19,22). The molecule has 0 bridgehead atoms. The molecular weight excluding hydrogens is 381 g/mol. The van der Waals surface area contributed by atoms with Crippen LogP contribution in [0.3, 0.4) is 0 Å². The number of rotatable bonds is 6. The maximum Gasteiger partial charge on any atom is 0.185 e. The highest BCUT2D eigenvalue weighted by Crippen LogP contribution is 2.26. The molecule has 132 valence electrons. The monoisotopic (exact) mass is 397 g/mol.